The van der Waals surface area contributed by atoms with Gasteiger partial charge in [0.25, 0.3) is 0 Å². The number of carbonyl (C=O) groups is 2. The zero-order valence-electron chi connectivity index (χ0n) is 11.9. The summed E-state index contributed by atoms with van der Waals surface area (Å²) < 4.78 is 0. The highest BCUT2D eigenvalue weighted by atomic mass is 35.5. The van der Waals surface area contributed by atoms with Crippen LogP contribution in [0.4, 0.5) is 0 Å². The minimum absolute atomic E-state index is 0.0214. The van der Waals surface area contributed by atoms with Crippen LogP contribution in [0.15, 0.2) is 24.3 Å². The summed E-state index contributed by atoms with van der Waals surface area (Å²) in [6, 6.07) is 7.54. The molecule has 21 heavy (non-hydrogen) atoms. The van der Waals surface area contributed by atoms with E-state index in [1.54, 1.807) is 4.90 Å². The molecule has 2 aliphatic rings. The van der Waals surface area contributed by atoms with Crippen molar-refractivity contribution in [3.63, 3.8) is 0 Å². The van der Waals surface area contributed by atoms with Crippen molar-refractivity contribution in [2.24, 2.45) is 0 Å². The van der Waals surface area contributed by atoms with E-state index in [-0.39, 0.29) is 11.8 Å². The van der Waals surface area contributed by atoms with Gasteiger partial charge in [0.05, 0.1) is 0 Å². The minimum atomic E-state index is -0.672. The number of rotatable bonds is 2. The van der Waals surface area contributed by atoms with Gasteiger partial charge in [0, 0.05) is 24.5 Å². The Kier molecular flexibility index (Phi) is 3.89. The first-order chi connectivity index (χ1) is 10.1. The van der Waals surface area contributed by atoms with Gasteiger partial charge in [0.2, 0.25) is 11.8 Å². The van der Waals surface area contributed by atoms with Gasteiger partial charge in [0.15, 0.2) is 0 Å². The zero-order chi connectivity index (χ0) is 14.9. The molecule has 1 saturated carbocycles. The van der Waals surface area contributed by atoms with E-state index >= 15 is 0 Å². The van der Waals surface area contributed by atoms with Crippen LogP contribution in [0.1, 0.15) is 37.7 Å². The van der Waals surface area contributed by atoms with E-state index in [1.807, 2.05) is 24.3 Å². The fraction of sp³-hybridized carbons (Fsp3) is 0.500. The number of halogens is 1. The second kappa shape index (κ2) is 5.68. The van der Waals surface area contributed by atoms with Crippen molar-refractivity contribution in [2.45, 2.75) is 44.2 Å². The Morgan fingerprint density at radius 2 is 1.90 bits per heavy atom. The highest BCUT2D eigenvalue weighted by Gasteiger charge is 2.46. The molecule has 1 aliphatic carbocycles. The third-order valence-corrected chi connectivity index (χ3v) is 4.83. The monoisotopic (exact) mass is 306 g/mol. The lowest BCUT2D eigenvalue weighted by molar-refractivity contribution is -0.139. The molecular formula is C16H19ClN2O2. The molecular weight excluding hydrogens is 288 g/mol. The Bertz CT molecular complexity index is 567. The van der Waals surface area contributed by atoms with Crippen LogP contribution in [0.2, 0.25) is 5.02 Å². The fourth-order valence-corrected chi connectivity index (χ4v) is 3.52. The van der Waals surface area contributed by atoms with E-state index in [2.05, 4.69) is 5.32 Å². The van der Waals surface area contributed by atoms with Crippen molar-refractivity contribution in [2.75, 3.05) is 6.54 Å². The molecule has 1 heterocycles. The molecule has 3 rings (SSSR count). The summed E-state index contributed by atoms with van der Waals surface area (Å²) in [5.41, 5.74) is 0.254. The first-order valence-corrected chi connectivity index (χ1v) is 7.82. The lowest BCUT2D eigenvalue weighted by atomic mass is 9.95. The first kappa shape index (κ1) is 14.4. The highest BCUT2D eigenvalue weighted by molar-refractivity contribution is 6.31. The van der Waals surface area contributed by atoms with Gasteiger partial charge in [-0.25, -0.2) is 0 Å². The summed E-state index contributed by atoms with van der Waals surface area (Å²) in [6.07, 6.45) is 3.84. The fourth-order valence-electron chi connectivity index (χ4n) is 3.32. The summed E-state index contributed by atoms with van der Waals surface area (Å²) in [4.78, 5) is 26.6. The van der Waals surface area contributed by atoms with Gasteiger partial charge in [-0.15, -0.1) is 0 Å². The maximum atomic E-state index is 12.9. The molecule has 0 bridgehead atoms. The molecule has 2 amide bonds. The maximum absolute atomic E-state index is 12.9. The number of hydrogen-bond donors (Lipinski definition) is 1. The summed E-state index contributed by atoms with van der Waals surface area (Å²) in [6.45, 7) is 0.923. The average molecular weight is 307 g/mol. The quantitative estimate of drug-likeness (QED) is 0.912. The van der Waals surface area contributed by atoms with Crippen LogP contribution in [-0.2, 0) is 16.1 Å². The normalized spacial score (nSPS) is 21.5. The van der Waals surface area contributed by atoms with Crippen molar-refractivity contribution < 1.29 is 9.59 Å². The van der Waals surface area contributed by atoms with Crippen molar-refractivity contribution >= 4 is 23.4 Å². The number of nitrogens with zero attached hydrogens (tertiary/aromatic N) is 1. The number of hydrogen-bond acceptors (Lipinski definition) is 2. The minimum Gasteiger partial charge on any atom is -0.342 e. The molecule has 0 radical (unpaired) electrons. The van der Waals surface area contributed by atoms with E-state index in [1.165, 1.54) is 0 Å². The number of carbonyl (C=O) groups excluding carboxylic acids is 2. The molecule has 1 aromatic carbocycles. The van der Waals surface area contributed by atoms with Crippen molar-refractivity contribution in [3.05, 3.63) is 34.9 Å². The molecule has 1 aliphatic heterocycles. The van der Waals surface area contributed by atoms with Crippen molar-refractivity contribution in [1.29, 1.82) is 0 Å². The third-order valence-electron chi connectivity index (χ3n) is 4.46. The van der Waals surface area contributed by atoms with Crippen LogP contribution in [0, 0.1) is 0 Å². The molecule has 1 N–H and O–H groups in total. The molecule has 2 fully saturated rings. The maximum Gasteiger partial charge on any atom is 0.248 e. The van der Waals surface area contributed by atoms with Gasteiger partial charge in [-0.1, -0.05) is 42.6 Å². The van der Waals surface area contributed by atoms with Crippen LogP contribution >= 0.6 is 11.6 Å². The first-order valence-electron chi connectivity index (χ1n) is 7.44. The Morgan fingerprint density at radius 1 is 1.19 bits per heavy atom. The molecule has 5 heteroatoms. The molecule has 1 aromatic rings. The van der Waals surface area contributed by atoms with Crippen LogP contribution in [0.5, 0.6) is 0 Å². The zero-order valence-corrected chi connectivity index (χ0v) is 12.7. The van der Waals surface area contributed by atoms with Gasteiger partial charge < -0.3 is 10.2 Å². The van der Waals surface area contributed by atoms with E-state index in [0.717, 1.165) is 31.2 Å². The van der Waals surface area contributed by atoms with Crippen LogP contribution in [0.25, 0.3) is 0 Å². The highest BCUT2D eigenvalue weighted by Crippen LogP contribution is 2.33. The topological polar surface area (TPSA) is 49.4 Å². The predicted molar refractivity (Wildman–Crippen MR) is 80.8 cm³/mol. The van der Waals surface area contributed by atoms with Crippen LogP contribution in [-0.4, -0.2) is 28.8 Å². The smallest absolute Gasteiger partial charge is 0.248 e. The molecule has 0 unspecified atom stereocenters. The van der Waals surface area contributed by atoms with Gasteiger partial charge in [-0.05, 0) is 24.5 Å². The van der Waals surface area contributed by atoms with E-state index in [0.29, 0.717) is 24.5 Å². The van der Waals surface area contributed by atoms with E-state index < -0.39 is 5.54 Å². The van der Waals surface area contributed by atoms with Crippen LogP contribution < -0.4 is 5.32 Å². The number of amides is 2. The van der Waals surface area contributed by atoms with Crippen molar-refractivity contribution in [1.82, 2.24) is 10.2 Å². The lowest BCUT2D eigenvalue weighted by Crippen LogP contribution is -2.55. The number of nitrogens with one attached hydrogen (secondary N) is 1. The standard InChI is InChI=1S/C16H19ClN2O2/c17-13-6-2-1-5-12(13)11-19-10-7-14(20)18-16(15(19)21)8-3-4-9-16/h1-2,5-6H,3-4,7-11H2,(H,18,20). The summed E-state index contributed by atoms with van der Waals surface area (Å²) in [5, 5.41) is 3.63. The van der Waals surface area contributed by atoms with Gasteiger partial charge >= 0.3 is 0 Å². The van der Waals surface area contributed by atoms with E-state index in [9.17, 15) is 9.59 Å². The Morgan fingerprint density at radius 3 is 2.62 bits per heavy atom. The second-order valence-corrected chi connectivity index (χ2v) is 6.31. The third kappa shape index (κ3) is 2.77. The van der Waals surface area contributed by atoms with Gasteiger partial charge in [0.1, 0.15) is 5.54 Å². The molecule has 0 atom stereocenters. The summed E-state index contributed by atoms with van der Waals surface area (Å²) >= 11 is 6.19. The molecule has 1 saturated heterocycles. The second-order valence-electron chi connectivity index (χ2n) is 5.91. The van der Waals surface area contributed by atoms with Crippen LogP contribution in [0.3, 0.4) is 0 Å². The van der Waals surface area contributed by atoms with Gasteiger partial charge in [-0.3, -0.25) is 9.59 Å². The lowest BCUT2D eigenvalue weighted by Gasteiger charge is -2.32. The molecule has 0 aromatic heterocycles. The Balaban J connectivity index is 1.85. The van der Waals surface area contributed by atoms with Gasteiger partial charge in [-0.2, -0.15) is 0 Å². The Hall–Kier alpha value is -1.55. The van der Waals surface area contributed by atoms with Crippen molar-refractivity contribution in [3.8, 4) is 0 Å². The molecule has 112 valence electrons. The number of benzene rings is 1. The molecule has 1 spiro atoms. The summed E-state index contributed by atoms with van der Waals surface area (Å²) in [5.74, 6) is 0.0256. The summed E-state index contributed by atoms with van der Waals surface area (Å²) in [7, 11) is 0. The molecule has 4 nitrogen and oxygen atoms in total. The Labute approximate surface area is 129 Å². The largest absolute Gasteiger partial charge is 0.342 e. The van der Waals surface area contributed by atoms with E-state index in [4.69, 9.17) is 11.6 Å². The SMILES string of the molecule is O=C1CCN(Cc2ccccc2Cl)C(=O)C2(CCCC2)N1. The predicted octanol–water partition coefficient (Wildman–Crippen LogP) is 2.50. The average Bonchev–Trinajstić information content (AvgIpc) is 2.90.